The van der Waals surface area contributed by atoms with E-state index in [0.29, 0.717) is 5.92 Å². The Morgan fingerprint density at radius 1 is 1.20 bits per heavy atom. The number of nitrogens with one attached hydrogen (secondary N) is 1. The predicted molar refractivity (Wildman–Crippen MR) is 81.6 cm³/mol. The minimum Gasteiger partial charge on any atom is -0.310 e. The van der Waals surface area contributed by atoms with Crippen LogP contribution in [-0.4, -0.2) is 21.3 Å². The van der Waals surface area contributed by atoms with Crippen molar-refractivity contribution < 1.29 is 0 Å². The Labute approximate surface area is 121 Å². The standard InChI is InChI=1S/C16H24N4/c1-12(2)8-17-9-16-18-11-19-20(16)10-15-13(3)6-5-7-14(15)4/h5-7,11-12,17H,8-10H2,1-4H3. The van der Waals surface area contributed by atoms with Crippen LogP contribution in [0.25, 0.3) is 0 Å². The summed E-state index contributed by atoms with van der Waals surface area (Å²) in [7, 11) is 0. The van der Waals surface area contributed by atoms with Crippen LogP contribution >= 0.6 is 0 Å². The summed E-state index contributed by atoms with van der Waals surface area (Å²) in [5, 5.41) is 7.78. The van der Waals surface area contributed by atoms with Gasteiger partial charge in [-0.15, -0.1) is 0 Å². The topological polar surface area (TPSA) is 42.7 Å². The minimum absolute atomic E-state index is 0.644. The summed E-state index contributed by atoms with van der Waals surface area (Å²) in [6, 6.07) is 6.40. The maximum absolute atomic E-state index is 4.36. The third kappa shape index (κ3) is 3.67. The normalized spacial score (nSPS) is 11.2. The molecule has 2 aromatic rings. The maximum atomic E-state index is 4.36. The maximum Gasteiger partial charge on any atom is 0.141 e. The number of aromatic nitrogens is 3. The van der Waals surface area contributed by atoms with Gasteiger partial charge in [-0.1, -0.05) is 32.0 Å². The molecule has 0 unspecified atom stereocenters. The van der Waals surface area contributed by atoms with Crippen LogP contribution < -0.4 is 5.32 Å². The molecule has 0 aliphatic heterocycles. The molecule has 20 heavy (non-hydrogen) atoms. The monoisotopic (exact) mass is 272 g/mol. The molecular weight excluding hydrogens is 248 g/mol. The molecule has 1 N–H and O–H groups in total. The van der Waals surface area contributed by atoms with E-state index in [2.05, 4.69) is 61.3 Å². The van der Waals surface area contributed by atoms with E-state index in [-0.39, 0.29) is 0 Å². The Kier molecular flexibility index (Phi) is 4.90. The van der Waals surface area contributed by atoms with Gasteiger partial charge in [0.2, 0.25) is 0 Å². The van der Waals surface area contributed by atoms with Crippen LogP contribution in [-0.2, 0) is 13.1 Å². The molecule has 0 saturated heterocycles. The number of hydrogen-bond donors (Lipinski definition) is 1. The summed E-state index contributed by atoms with van der Waals surface area (Å²) in [5.41, 5.74) is 3.95. The molecule has 4 heteroatoms. The van der Waals surface area contributed by atoms with Crippen molar-refractivity contribution in [3.05, 3.63) is 47.0 Å². The molecule has 1 aromatic carbocycles. The van der Waals surface area contributed by atoms with E-state index in [1.807, 2.05) is 4.68 Å². The van der Waals surface area contributed by atoms with Gasteiger partial charge < -0.3 is 5.32 Å². The lowest BCUT2D eigenvalue weighted by Gasteiger charge is -2.12. The van der Waals surface area contributed by atoms with Gasteiger partial charge >= 0.3 is 0 Å². The second-order valence-corrected chi connectivity index (χ2v) is 5.73. The molecule has 0 aliphatic rings. The fraction of sp³-hybridized carbons (Fsp3) is 0.500. The Morgan fingerprint density at radius 3 is 2.55 bits per heavy atom. The molecule has 4 nitrogen and oxygen atoms in total. The molecule has 0 amide bonds. The molecule has 2 rings (SSSR count). The lowest BCUT2D eigenvalue weighted by molar-refractivity contribution is 0.523. The Bertz CT molecular complexity index is 537. The molecule has 0 atom stereocenters. The summed E-state index contributed by atoms with van der Waals surface area (Å²) < 4.78 is 1.99. The van der Waals surface area contributed by atoms with Crippen molar-refractivity contribution in [3.8, 4) is 0 Å². The fourth-order valence-electron chi connectivity index (χ4n) is 2.28. The van der Waals surface area contributed by atoms with Crippen LogP contribution in [0.15, 0.2) is 24.5 Å². The molecular formula is C16H24N4. The van der Waals surface area contributed by atoms with Crippen LogP contribution in [0.1, 0.15) is 36.4 Å². The fourth-order valence-corrected chi connectivity index (χ4v) is 2.28. The largest absolute Gasteiger partial charge is 0.310 e. The van der Waals surface area contributed by atoms with E-state index in [4.69, 9.17) is 0 Å². The Balaban J connectivity index is 2.09. The van der Waals surface area contributed by atoms with Gasteiger partial charge in [0.15, 0.2) is 0 Å². The zero-order valence-electron chi connectivity index (χ0n) is 12.8. The van der Waals surface area contributed by atoms with E-state index in [1.165, 1.54) is 16.7 Å². The van der Waals surface area contributed by atoms with Crippen LogP contribution in [0.5, 0.6) is 0 Å². The van der Waals surface area contributed by atoms with Gasteiger partial charge in [-0.05, 0) is 43.0 Å². The van der Waals surface area contributed by atoms with Crippen molar-refractivity contribution in [1.82, 2.24) is 20.1 Å². The number of hydrogen-bond acceptors (Lipinski definition) is 3. The summed E-state index contributed by atoms with van der Waals surface area (Å²) in [6.45, 7) is 11.3. The first kappa shape index (κ1) is 14.7. The third-order valence-electron chi connectivity index (χ3n) is 3.48. The average molecular weight is 272 g/mol. The first-order valence-corrected chi connectivity index (χ1v) is 7.20. The molecule has 0 spiro atoms. The molecule has 0 saturated carbocycles. The van der Waals surface area contributed by atoms with Crippen molar-refractivity contribution in [1.29, 1.82) is 0 Å². The van der Waals surface area contributed by atoms with Gasteiger partial charge in [0.1, 0.15) is 12.2 Å². The zero-order valence-corrected chi connectivity index (χ0v) is 12.8. The summed E-state index contributed by atoms with van der Waals surface area (Å²) in [6.07, 6.45) is 1.64. The lowest BCUT2D eigenvalue weighted by atomic mass is 10.0. The quantitative estimate of drug-likeness (QED) is 0.879. The Hall–Kier alpha value is -1.68. The molecule has 0 aliphatic carbocycles. The number of benzene rings is 1. The van der Waals surface area contributed by atoms with Crippen LogP contribution in [0.4, 0.5) is 0 Å². The highest BCUT2D eigenvalue weighted by Gasteiger charge is 2.08. The highest BCUT2D eigenvalue weighted by molar-refractivity contribution is 5.33. The van der Waals surface area contributed by atoms with Crippen molar-refractivity contribution in [2.45, 2.75) is 40.8 Å². The molecule has 0 radical (unpaired) electrons. The SMILES string of the molecule is Cc1cccc(C)c1Cn1ncnc1CNCC(C)C. The van der Waals surface area contributed by atoms with Crippen molar-refractivity contribution in [3.63, 3.8) is 0 Å². The van der Waals surface area contributed by atoms with E-state index >= 15 is 0 Å². The minimum atomic E-state index is 0.644. The van der Waals surface area contributed by atoms with Crippen LogP contribution in [0.3, 0.4) is 0 Å². The smallest absolute Gasteiger partial charge is 0.141 e. The van der Waals surface area contributed by atoms with Gasteiger partial charge in [0, 0.05) is 0 Å². The van der Waals surface area contributed by atoms with Crippen molar-refractivity contribution in [2.24, 2.45) is 5.92 Å². The van der Waals surface area contributed by atoms with Crippen molar-refractivity contribution in [2.75, 3.05) is 6.54 Å². The molecule has 1 aromatic heterocycles. The Morgan fingerprint density at radius 2 is 1.90 bits per heavy atom. The van der Waals surface area contributed by atoms with Gasteiger partial charge in [-0.25, -0.2) is 9.67 Å². The lowest BCUT2D eigenvalue weighted by Crippen LogP contribution is -2.22. The van der Waals surface area contributed by atoms with E-state index in [9.17, 15) is 0 Å². The second kappa shape index (κ2) is 6.66. The van der Waals surface area contributed by atoms with Gasteiger partial charge in [-0.2, -0.15) is 5.10 Å². The number of aryl methyl sites for hydroxylation is 2. The summed E-state index contributed by atoms with van der Waals surface area (Å²) >= 11 is 0. The van der Waals surface area contributed by atoms with Crippen molar-refractivity contribution >= 4 is 0 Å². The predicted octanol–water partition coefficient (Wildman–Crippen LogP) is 2.69. The van der Waals surface area contributed by atoms with Gasteiger partial charge in [0.05, 0.1) is 13.1 Å². The van der Waals surface area contributed by atoms with Gasteiger partial charge in [0.25, 0.3) is 0 Å². The number of nitrogens with zero attached hydrogens (tertiary/aromatic N) is 3. The molecule has 0 fully saturated rings. The van der Waals surface area contributed by atoms with E-state index in [0.717, 1.165) is 25.5 Å². The second-order valence-electron chi connectivity index (χ2n) is 5.73. The summed E-state index contributed by atoms with van der Waals surface area (Å²) in [5.74, 6) is 1.64. The third-order valence-corrected chi connectivity index (χ3v) is 3.48. The van der Waals surface area contributed by atoms with E-state index in [1.54, 1.807) is 6.33 Å². The summed E-state index contributed by atoms with van der Waals surface area (Å²) in [4.78, 5) is 4.36. The molecule has 108 valence electrons. The average Bonchev–Trinajstić information content (AvgIpc) is 2.81. The first-order valence-electron chi connectivity index (χ1n) is 7.20. The van der Waals surface area contributed by atoms with Gasteiger partial charge in [-0.3, -0.25) is 0 Å². The first-order chi connectivity index (χ1) is 9.58. The van der Waals surface area contributed by atoms with E-state index < -0.39 is 0 Å². The van der Waals surface area contributed by atoms with Crippen LogP contribution in [0, 0.1) is 19.8 Å². The zero-order chi connectivity index (χ0) is 14.5. The highest BCUT2D eigenvalue weighted by atomic mass is 15.3. The molecule has 1 heterocycles. The molecule has 0 bridgehead atoms. The number of rotatable bonds is 6. The highest BCUT2D eigenvalue weighted by Crippen LogP contribution is 2.15. The van der Waals surface area contributed by atoms with Crippen LogP contribution in [0.2, 0.25) is 0 Å².